The molecule has 0 fully saturated rings. The van der Waals surface area contributed by atoms with Gasteiger partial charge in [0.05, 0.1) is 13.2 Å². The molecular formula is C16H26N2O3. The molecule has 0 saturated heterocycles. The topological polar surface area (TPSA) is 64.8 Å². The first-order valence-electron chi connectivity index (χ1n) is 7.25. The minimum Gasteiger partial charge on any atom is -0.490 e. The second-order valence-corrected chi connectivity index (χ2v) is 5.41. The number of hydrogen-bond donors (Lipinski definition) is 1. The van der Waals surface area contributed by atoms with Gasteiger partial charge in [0, 0.05) is 24.7 Å². The lowest BCUT2D eigenvalue weighted by molar-refractivity contribution is 0.0639. The van der Waals surface area contributed by atoms with E-state index in [0.717, 1.165) is 0 Å². The minimum absolute atomic E-state index is 0.0885. The van der Waals surface area contributed by atoms with Gasteiger partial charge >= 0.3 is 0 Å². The predicted octanol–water partition coefficient (Wildman–Crippen LogP) is 2.29. The lowest BCUT2D eigenvalue weighted by Crippen LogP contribution is -2.50. The third-order valence-electron chi connectivity index (χ3n) is 3.50. The van der Waals surface area contributed by atoms with E-state index in [1.807, 2.05) is 27.7 Å². The molecule has 0 bridgehead atoms. The molecule has 118 valence electrons. The molecule has 5 nitrogen and oxygen atoms in total. The second-order valence-electron chi connectivity index (χ2n) is 5.41. The maximum atomic E-state index is 12.5. The van der Waals surface area contributed by atoms with Crippen LogP contribution >= 0.6 is 0 Å². The molecule has 0 aliphatic heterocycles. The van der Waals surface area contributed by atoms with Gasteiger partial charge in [0.1, 0.15) is 0 Å². The van der Waals surface area contributed by atoms with E-state index in [9.17, 15) is 4.79 Å². The van der Waals surface area contributed by atoms with Gasteiger partial charge in [0.2, 0.25) is 0 Å². The molecule has 0 heterocycles. The Balaban J connectivity index is 3.08. The Morgan fingerprint density at radius 2 is 1.76 bits per heavy atom. The zero-order valence-electron chi connectivity index (χ0n) is 13.6. The van der Waals surface area contributed by atoms with Crippen LogP contribution in [0.5, 0.6) is 11.5 Å². The van der Waals surface area contributed by atoms with E-state index >= 15 is 0 Å². The normalized spacial score (nSPS) is 11.1. The van der Waals surface area contributed by atoms with E-state index in [1.54, 1.807) is 30.1 Å². The van der Waals surface area contributed by atoms with Crippen LogP contribution in [0.1, 0.15) is 38.1 Å². The molecule has 1 aromatic carbocycles. The summed E-state index contributed by atoms with van der Waals surface area (Å²) in [5.74, 6) is 1.15. The number of benzene rings is 1. The smallest absolute Gasteiger partial charge is 0.254 e. The predicted molar refractivity (Wildman–Crippen MR) is 84.0 cm³/mol. The Kier molecular flexibility index (Phi) is 6.03. The number of hydrogen-bond acceptors (Lipinski definition) is 4. The van der Waals surface area contributed by atoms with E-state index in [4.69, 9.17) is 15.2 Å². The van der Waals surface area contributed by atoms with Crippen LogP contribution in [0.3, 0.4) is 0 Å². The molecule has 0 aliphatic rings. The average molecular weight is 294 g/mol. The van der Waals surface area contributed by atoms with Crippen molar-refractivity contribution in [1.82, 2.24) is 4.90 Å². The van der Waals surface area contributed by atoms with E-state index in [2.05, 4.69) is 0 Å². The lowest BCUT2D eigenvalue weighted by atomic mass is 10.0. The van der Waals surface area contributed by atoms with Crippen molar-refractivity contribution in [3.63, 3.8) is 0 Å². The number of ether oxygens (including phenoxy) is 2. The summed E-state index contributed by atoms with van der Waals surface area (Å²) in [7, 11) is 1.76. The van der Waals surface area contributed by atoms with Gasteiger partial charge in [-0.25, -0.2) is 0 Å². The number of carbonyl (C=O) groups excluding carboxylic acids is 1. The SMILES string of the molecule is CCOc1ccc(C(=O)N(C)C(C)(C)CN)cc1OCC. The van der Waals surface area contributed by atoms with Crippen LogP contribution in [0.15, 0.2) is 18.2 Å². The molecule has 1 rings (SSSR count). The van der Waals surface area contributed by atoms with Gasteiger partial charge in [-0.05, 0) is 45.9 Å². The lowest BCUT2D eigenvalue weighted by Gasteiger charge is -2.34. The number of likely N-dealkylation sites (N-methyl/N-ethyl adjacent to an activating group) is 1. The van der Waals surface area contributed by atoms with Crippen LogP contribution in [0, 0.1) is 0 Å². The molecule has 5 heteroatoms. The maximum Gasteiger partial charge on any atom is 0.254 e. The van der Waals surface area contributed by atoms with Gasteiger partial charge in [-0.15, -0.1) is 0 Å². The summed E-state index contributed by atoms with van der Waals surface area (Å²) < 4.78 is 11.1. The molecule has 0 aliphatic carbocycles. The molecular weight excluding hydrogens is 268 g/mol. The van der Waals surface area contributed by atoms with Crippen molar-refractivity contribution >= 4 is 5.91 Å². The summed E-state index contributed by atoms with van der Waals surface area (Å²) in [5, 5.41) is 0. The third kappa shape index (κ3) is 4.11. The Labute approximate surface area is 127 Å². The first-order valence-corrected chi connectivity index (χ1v) is 7.25. The summed E-state index contributed by atoms with van der Waals surface area (Å²) in [6, 6.07) is 5.24. The molecule has 0 spiro atoms. The van der Waals surface area contributed by atoms with Crippen molar-refractivity contribution < 1.29 is 14.3 Å². The highest BCUT2D eigenvalue weighted by Crippen LogP contribution is 2.29. The van der Waals surface area contributed by atoms with Gasteiger partial charge in [0.15, 0.2) is 11.5 Å². The fourth-order valence-corrected chi connectivity index (χ4v) is 1.79. The molecule has 1 amide bonds. The zero-order valence-corrected chi connectivity index (χ0v) is 13.6. The first-order chi connectivity index (χ1) is 9.87. The summed E-state index contributed by atoms with van der Waals surface area (Å²) in [6.07, 6.45) is 0. The van der Waals surface area contributed by atoms with Gasteiger partial charge in [-0.2, -0.15) is 0 Å². The Morgan fingerprint density at radius 3 is 2.29 bits per heavy atom. The van der Waals surface area contributed by atoms with Crippen LogP contribution in [-0.4, -0.2) is 43.2 Å². The number of amides is 1. The largest absolute Gasteiger partial charge is 0.490 e. The van der Waals surface area contributed by atoms with E-state index < -0.39 is 5.54 Å². The molecule has 21 heavy (non-hydrogen) atoms. The summed E-state index contributed by atoms with van der Waals surface area (Å²) in [5.41, 5.74) is 5.89. The molecule has 0 saturated carbocycles. The highest BCUT2D eigenvalue weighted by atomic mass is 16.5. The highest BCUT2D eigenvalue weighted by Gasteiger charge is 2.27. The molecule has 0 aromatic heterocycles. The van der Waals surface area contributed by atoms with Gasteiger partial charge in [-0.3, -0.25) is 4.79 Å². The summed E-state index contributed by atoms with van der Waals surface area (Å²) >= 11 is 0. The van der Waals surface area contributed by atoms with E-state index in [-0.39, 0.29) is 5.91 Å². The number of rotatable bonds is 7. The van der Waals surface area contributed by atoms with Crippen molar-refractivity contribution in [3.05, 3.63) is 23.8 Å². The number of nitrogens with zero attached hydrogens (tertiary/aromatic N) is 1. The third-order valence-corrected chi connectivity index (χ3v) is 3.50. The van der Waals surface area contributed by atoms with E-state index in [1.165, 1.54) is 0 Å². The molecule has 0 unspecified atom stereocenters. The van der Waals surface area contributed by atoms with Crippen molar-refractivity contribution in [2.24, 2.45) is 5.73 Å². The molecule has 0 radical (unpaired) electrons. The summed E-state index contributed by atoms with van der Waals surface area (Å²) in [4.78, 5) is 14.2. The zero-order chi connectivity index (χ0) is 16.0. The fourth-order valence-electron chi connectivity index (χ4n) is 1.79. The van der Waals surface area contributed by atoms with Crippen LogP contribution < -0.4 is 15.2 Å². The molecule has 0 atom stereocenters. The van der Waals surface area contributed by atoms with Crippen LogP contribution in [0.4, 0.5) is 0 Å². The highest BCUT2D eigenvalue weighted by molar-refractivity contribution is 5.95. The van der Waals surface area contributed by atoms with Crippen molar-refractivity contribution in [3.8, 4) is 11.5 Å². The number of carbonyl (C=O) groups is 1. The molecule has 2 N–H and O–H groups in total. The van der Waals surface area contributed by atoms with Crippen molar-refractivity contribution in [1.29, 1.82) is 0 Å². The fraction of sp³-hybridized carbons (Fsp3) is 0.562. The number of nitrogens with two attached hydrogens (primary N) is 1. The van der Waals surface area contributed by atoms with E-state index in [0.29, 0.717) is 36.8 Å². The van der Waals surface area contributed by atoms with Gasteiger partial charge in [0.25, 0.3) is 5.91 Å². The van der Waals surface area contributed by atoms with Gasteiger partial charge in [-0.1, -0.05) is 0 Å². The Bertz CT molecular complexity index is 486. The minimum atomic E-state index is -0.401. The van der Waals surface area contributed by atoms with Crippen molar-refractivity contribution in [2.45, 2.75) is 33.2 Å². The maximum absolute atomic E-state index is 12.5. The van der Waals surface area contributed by atoms with Crippen LogP contribution in [0.2, 0.25) is 0 Å². The van der Waals surface area contributed by atoms with Gasteiger partial charge < -0.3 is 20.1 Å². The monoisotopic (exact) mass is 294 g/mol. The van der Waals surface area contributed by atoms with Crippen molar-refractivity contribution in [2.75, 3.05) is 26.8 Å². The standard InChI is InChI=1S/C16H26N2O3/c1-6-20-13-9-8-12(10-14(13)21-7-2)15(19)18(5)16(3,4)11-17/h8-10H,6-7,11,17H2,1-5H3. The Morgan fingerprint density at radius 1 is 1.19 bits per heavy atom. The summed E-state index contributed by atoms with van der Waals surface area (Å²) in [6.45, 7) is 9.13. The molecule has 1 aromatic rings. The second kappa shape index (κ2) is 7.31. The van der Waals surface area contributed by atoms with Crippen LogP contribution in [-0.2, 0) is 0 Å². The quantitative estimate of drug-likeness (QED) is 0.838. The van der Waals surface area contributed by atoms with Crippen LogP contribution in [0.25, 0.3) is 0 Å². The first kappa shape index (κ1) is 17.3. The average Bonchev–Trinajstić information content (AvgIpc) is 2.48. The Hall–Kier alpha value is -1.75.